The van der Waals surface area contributed by atoms with Crippen LogP contribution in [0.3, 0.4) is 0 Å². The lowest BCUT2D eigenvalue weighted by Crippen LogP contribution is -2.50. The van der Waals surface area contributed by atoms with Crippen molar-refractivity contribution >= 4 is 11.9 Å². The Morgan fingerprint density at radius 2 is 1.80 bits per heavy atom. The lowest BCUT2D eigenvalue weighted by atomic mass is 9.75. The number of aryl methyl sites for hydroxylation is 1. The number of hydrogen-bond donors (Lipinski definition) is 3. The Bertz CT molecular complexity index is 730. The quantitative estimate of drug-likeness (QED) is 0.630. The molecule has 0 aromatic heterocycles. The van der Waals surface area contributed by atoms with Crippen LogP contribution in [0.15, 0.2) is 30.3 Å². The fraction of sp³-hybridized carbons (Fsp3) is 0.680. The van der Waals surface area contributed by atoms with Crippen LogP contribution < -0.4 is 10.6 Å². The van der Waals surface area contributed by atoms with Gasteiger partial charge in [0.05, 0.1) is 0 Å². The van der Waals surface area contributed by atoms with Gasteiger partial charge in [-0.15, -0.1) is 0 Å². The Morgan fingerprint density at radius 3 is 2.50 bits per heavy atom. The molecule has 2 aliphatic carbocycles. The first-order chi connectivity index (χ1) is 14.6. The van der Waals surface area contributed by atoms with E-state index in [1.54, 1.807) is 7.05 Å². The van der Waals surface area contributed by atoms with E-state index in [0.717, 1.165) is 25.7 Å². The minimum Gasteiger partial charge on any atom is -0.342 e. The molecule has 1 aromatic carbocycles. The molecule has 0 spiro atoms. The molecule has 0 bridgehead atoms. The van der Waals surface area contributed by atoms with Gasteiger partial charge >= 0.3 is 0 Å². The summed E-state index contributed by atoms with van der Waals surface area (Å²) in [6.07, 6.45) is 14.1. The van der Waals surface area contributed by atoms with Crippen LogP contribution in [0.4, 0.5) is 0 Å². The van der Waals surface area contributed by atoms with Gasteiger partial charge in [0, 0.05) is 19.1 Å². The van der Waals surface area contributed by atoms with E-state index >= 15 is 0 Å². The molecular weight excluding hydrogens is 372 g/mol. The second-order valence-electron chi connectivity index (χ2n) is 9.84. The summed E-state index contributed by atoms with van der Waals surface area (Å²) < 4.78 is 0. The molecule has 164 valence electrons. The maximum Gasteiger partial charge on any atom is 0.254 e. The van der Waals surface area contributed by atoms with E-state index in [4.69, 9.17) is 5.41 Å². The smallest absolute Gasteiger partial charge is 0.254 e. The first kappa shape index (κ1) is 21.4. The molecular formula is C25H38N4O. The number of hydrogen-bond acceptors (Lipinski definition) is 3. The van der Waals surface area contributed by atoms with Crippen molar-refractivity contribution < 1.29 is 4.79 Å². The van der Waals surface area contributed by atoms with Crippen molar-refractivity contribution in [3.05, 3.63) is 35.9 Å². The van der Waals surface area contributed by atoms with E-state index in [0.29, 0.717) is 18.0 Å². The lowest BCUT2D eigenvalue weighted by Gasteiger charge is -2.38. The number of nitrogens with zero attached hydrogens (tertiary/aromatic N) is 1. The highest BCUT2D eigenvalue weighted by molar-refractivity contribution is 6.07. The SMILES string of the molecule is CN1C(=N)N[C@](CCc2ccccc2)(C[C@H]2CCC[C@H](NC3CCCCC3)C2)C1=O. The number of likely N-dealkylation sites (N-methyl/N-ethyl adjacent to an activating group) is 1. The van der Waals surface area contributed by atoms with E-state index in [1.165, 1.54) is 61.8 Å². The van der Waals surface area contributed by atoms with Gasteiger partial charge in [-0.3, -0.25) is 15.1 Å². The Hall–Kier alpha value is -1.88. The van der Waals surface area contributed by atoms with Gasteiger partial charge in [0.15, 0.2) is 5.96 Å². The van der Waals surface area contributed by atoms with Gasteiger partial charge in [-0.05, 0) is 56.4 Å². The minimum atomic E-state index is -0.626. The van der Waals surface area contributed by atoms with Gasteiger partial charge in [-0.2, -0.15) is 0 Å². The van der Waals surface area contributed by atoms with Gasteiger partial charge < -0.3 is 10.6 Å². The Kier molecular flexibility index (Phi) is 6.77. The number of amides is 1. The molecule has 3 N–H and O–H groups in total. The first-order valence-corrected chi connectivity index (χ1v) is 12.0. The van der Waals surface area contributed by atoms with Gasteiger partial charge in [-0.25, -0.2) is 0 Å². The third kappa shape index (κ3) is 4.88. The number of nitrogens with one attached hydrogen (secondary N) is 3. The largest absolute Gasteiger partial charge is 0.342 e. The van der Waals surface area contributed by atoms with Crippen LogP contribution in [-0.2, 0) is 11.2 Å². The predicted molar refractivity (Wildman–Crippen MR) is 121 cm³/mol. The zero-order chi connectivity index (χ0) is 21.0. The van der Waals surface area contributed by atoms with E-state index in [9.17, 15) is 4.79 Å². The molecule has 1 amide bonds. The van der Waals surface area contributed by atoms with Crippen LogP contribution in [0.5, 0.6) is 0 Å². The molecule has 5 nitrogen and oxygen atoms in total. The fourth-order valence-electron chi connectivity index (χ4n) is 5.92. The van der Waals surface area contributed by atoms with Crippen molar-refractivity contribution in [1.82, 2.24) is 15.5 Å². The molecule has 1 saturated heterocycles. The van der Waals surface area contributed by atoms with Gasteiger partial charge in [-0.1, -0.05) is 62.4 Å². The van der Waals surface area contributed by atoms with Crippen LogP contribution in [-0.4, -0.2) is 41.4 Å². The molecule has 5 heteroatoms. The molecule has 3 fully saturated rings. The second kappa shape index (κ2) is 9.51. The Balaban J connectivity index is 1.42. The molecule has 30 heavy (non-hydrogen) atoms. The minimum absolute atomic E-state index is 0.0748. The number of benzene rings is 1. The summed E-state index contributed by atoms with van der Waals surface area (Å²) in [5.74, 6) is 0.859. The topological polar surface area (TPSA) is 68.2 Å². The monoisotopic (exact) mass is 410 g/mol. The number of carbonyl (C=O) groups excluding carboxylic acids is 1. The van der Waals surface area contributed by atoms with Crippen LogP contribution in [0.25, 0.3) is 0 Å². The van der Waals surface area contributed by atoms with Crippen molar-refractivity contribution in [3.63, 3.8) is 0 Å². The summed E-state index contributed by atoms with van der Waals surface area (Å²) in [7, 11) is 1.73. The Morgan fingerprint density at radius 1 is 1.07 bits per heavy atom. The average Bonchev–Trinajstić information content (AvgIpc) is 2.98. The van der Waals surface area contributed by atoms with Crippen LogP contribution in [0, 0.1) is 11.3 Å². The van der Waals surface area contributed by atoms with E-state index < -0.39 is 5.54 Å². The molecule has 0 radical (unpaired) electrons. The maximum atomic E-state index is 13.2. The first-order valence-electron chi connectivity index (χ1n) is 12.0. The van der Waals surface area contributed by atoms with Crippen LogP contribution in [0.1, 0.15) is 76.2 Å². The Labute approximate surface area is 181 Å². The normalized spacial score (nSPS) is 30.5. The van der Waals surface area contributed by atoms with Crippen molar-refractivity contribution in [1.29, 1.82) is 5.41 Å². The summed E-state index contributed by atoms with van der Waals surface area (Å²) in [4.78, 5) is 14.7. The number of guanidine groups is 1. The summed E-state index contributed by atoms with van der Waals surface area (Å²) in [5.41, 5.74) is 0.632. The standard InChI is InChI=1S/C25H38N4O/c1-29-23(30)25(28-24(29)26,16-15-19-9-4-2-5-10-19)18-20-11-8-14-22(17-20)27-21-12-6-3-7-13-21/h2,4-5,9-10,20-22,27H,3,6-8,11-18H2,1H3,(H2,26,28)/t20-,22-,25+/m0/s1. The summed E-state index contributed by atoms with van der Waals surface area (Å²) in [5, 5.41) is 15.5. The van der Waals surface area contributed by atoms with E-state index in [1.807, 2.05) is 6.07 Å². The van der Waals surface area contributed by atoms with Crippen molar-refractivity contribution in [2.75, 3.05) is 7.05 Å². The summed E-state index contributed by atoms with van der Waals surface area (Å²) in [6, 6.07) is 11.7. The van der Waals surface area contributed by atoms with E-state index in [-0.39, 0.29) is 11.9 Å². The third-order valence-corrected chi connectivity index (χ3v) is 7.59. The summed E-state index contributed by atoms with van der Waals surface area (Å²) in [6.45, 7) is 0. The highest BCUT2D eigenvalue weighted by atomic mass is 16.2. The van der Waals surface area contributed by atoms with Crippen LogP contribution >= 0.6 is 0 Å². The zero-order valence-corrected chi connectivity index (χ0v) is 18.5. The molecule has 3 atom stereocenters. The number of rotatable bonds is 7. The highest BCUT2D eigenvalue weighted by Gasteiger charge is 2.49. The molecule has 3 aliphatic rings. The number of carbonyl (C=O) groups is 1. The molecule has 2 saturated carbocycles. The van der Waals surface area contributed by atoms with Crippen LogP contribution in [0.2, 0.25) is 0 Å². The average molecular weight is 411 g/mol. The zero-order valence-electron chi connectivity index (χ0n) is 18.5. The van der Waals surface area contributed by atoms with Gasteiger partial charge in [0.25, 0.3) is 5.91 Å². The van der Waals surface area contributed by atoms with Crippen molar-refractivity contribution in [3.8, 4) is 0 Å². The lowest BCUT2D eigenvalue weighted by molar-refractivity contribution is -0.131. The third-order valence-electron chi connectivity index (χ3n) is 7.59. The van der Waals surface area contributed by atoms with Gasteiger partial charge in [0.2, 0.25) is 0 Å². The fourth-order valence-corrected chi connectivity index (χ4v) is 5.92. The molecule has 4 rings (SSSR count). The van der Waals surface area contributed by atoms with Crippen molar-refractivity contribution in [2.45, 2.75) is 94.7 Å². The van der Waals surface area contributed by atoms with E-state index in [2.05, 4.69) is 34.9 Å². The van der Waals surface area contributed by atoms with Crippen molar-refractivity contribution in [2.24, 2.45) is 5.92 Å². The maximum absolute atomic E-state index is 13.2. The molecule has 1 aromatic rings. The highest BCUT2D eigenvalue weighted by Crippen LogP contribution is 2.36. The second-order valence-corrected chi connectivity index (χ2v) is 9.84. The predicted octanol–water partition coefficient (Wildman–Crippen LogP) is 4.23. The molecule has 0 unspecified atom stereocenters. The summed E-state index contributed by atoms with van der Waals surface area (Å²) >= 11 is 0. The molecule has 1 heterocycles. The van der Waals surface area contributed by atoms with Gasteiger partial charge in [0.1, 0.15) is 5.54 Å². The molecule has 1 aliphatic heterocycles.